The second kappa shape index (κ2) is 6.39. The summed E-state index contributed by atoms with van der Waals surface area (Å²) in [5.74, 6) is 0.145. The number of benzene rings is 1. The summed E-state index contributed by atoms with van der Waals surface area (Å²) in [4.78, 5) is 24.2. The third-order valence-corrected chi connectivity index (χ3v) is 5.50. The van der Waals surface area contributed by atoms with Crippen LogP contribution in [-0.2, 0) is 16.0 Å². The highest BCUT2D eigenvalue weighted by Crippen LogP contribution is 2.38. The summed E-state index contributed by atoms with van der Waals surface area (Å²) in [7, 11) is 0. The molecule has 1 aromatic carbocycles. The molecule has 2 amide bonds. The summed E-state index contributed by atoms with van der Waals surface area (Å²) in [6, 6.07) is 12.1. The van der Waals surface area contributed by atoms with Gasteiger partial charge in [0.2, 0.25) is 11.8 Å². The summed E-state index contributed by atoms with van der Waals surface area (Å²) in [5.41, 5.74) is 1.89. The number of hydrogen-bond acceptors (Lipinski definition) is 2. The van der Waals surface area contributed by atoms with Crippen LogP contribution in [0.4, 0.5) is 0 Å². The lowest BCUT2D eigenvalue weighted by Gasteiger charge is -2.51. The Balaban J connectivity index is 1.38. The highest BCUT2D eigenvalue weighted by Gasteiger charge is 2.48. The summed E-state index contributed by atoms with van der Waals surface area (Å²) in [5, 5.41) is 6.28. The highest BCUT2D eigenvalue weighted by atomic mass is 16.2. The SMILES string of the molecule is O=C(Cc1ccc(-n2cccc2)cc1)NC1CCC(=O)NC12CCC2. The molecule has 0 bridgehead atoms. The third-order valence-electron chi connectivity index (χ3n) is 5.50. The van der Waals surface area contributed by atoms with Gasteiger partial charge in [0.25, 0.3) is 0 Å². The number of nitrogens with zero attached hydrogens (tertiary/aromatic N) is 1. The van der Waals surface area contributed by atoms with Gasteiger partial charge in [-0.05, 0) is 55.5 Å². The molecule has 4 rings (SSSR count). The van der Waals surface area contributed by atoms with Crippen molar-refractivity contribution in [2.24, 2.45) is 0 Å². The lowest BCUT2D eigenvalue weighted by atomic mass is 9.68. The first kappa shape index (κ1) is 15.9. The van der Waals surface area contributed by atoms with Gasteiger partial charge in [-0.15, -0.1) is 0 Å². The van der Waals surface area contributed by atoms with Crippen molar-refractivity contribution in [2.75, 3.05) is 0 Å². The van der Waals surface area contributed by atoms with Crippen molar-refractivity contribution in [3.8, 4) is 5.69 Å². The minimum absolute atomic E-state index is 0.0288. The lowest BCUT2D eigenvalue weighted by Crippen LogP contribution is -2.68. The molecule has 2 aliphatic rings. The second-order valence-electron chi connectivity index (χ2n) is 7.15. The van der Waals surface area contributed by atoms with E-state index >= 15 is 0 Å². The van der Waals surface area contributed by atoms with E-state index in [0.29, 0.717) is 12.8 Å². The lowest BCUT2D eigenvalue weighted by molar-refractivity contribution is -0.131. The van der Waals surface area contributed by atoms with Gasteiger partial charge in [0.15, 0.2) is 0 Å². The van der Waals surface area contributed by atoms with Crippen molar-refractivity contribution in [3.05, 3.63) is 54.4 Å². The Kier molecular flexibility index (Phi) is 4.07. The van der Waals surface area contributed by atoms with E-state index in [4.69, 9.17) is 0 Å². The Morgan fingerprint density at radius 1 is 1.20 bits per heavy atom. The van der Waals surface area contributed by atoms with Crippen molar-refractivity contribution in [2.45, 2.75) is 50.1 Å². The molecule has 2 fully saturated rings. The largest absolute Gasteiger partial charge is 0.351 e. The molecule has 5 heteroatoms. The number of aromatic nitrogens is 1. The van der Waals surface area contributed by atoms with E-state index in [0.717, 1.165) is 36.9 Å². The number of hydrogen-bond donors (Lipinski definition) is 2. The van der Waals surface area contributed by atoms with Crippen LogP contribution in [0, 0.1) is 0 Å². The normalized spacial score (nSPS) is 21.4. The smallest absolute Gasteiger partial charge is 0.224 e. The van der Waals surface area contributed by atoms with Crippen molar-refractivity contribution < 1.29 is 9.59 Å². The first-order chi connectivity index (χ1) is 12.1. The van der Waals surface area contributed by atoms with Crippen LogP contribution in [0.5, 0.6) is 0 Å². The van der Waals surface area contributed by atoms with Crippen LogP contribution >= 0.6 is 0 Å². The molecule has 0 radical (unpaired) electrons. The van der Waals surface area contributed by atoms with Gasteiger partial charge in [-0.3, -0.25) is 9.59 Å². The Labute approximate surface area is 147 Å². The van der Waals surface area contributed by atoms with Crippen LogP contribution < -0.4 is 10.6 Å². The van der Waals surface area contributed by atoms with Crippen molar-refractivity contribution >= 4 is 11.8 Å². The van der Waals surface area contributed by atoms with E-state index in [1.54, 1.807) is 0 Å². The van der Waals surface area contributed by atoms with Crippen LogP contribution in [0.15, 0.2) is 48.8 Å². The van der Waals surface area contributed by atoms with Gasteiger partial charge in [-0.25, -0.2) is 0 Å². The fourth-order valence-electron chi connectivity index (χ4n) is 3.94. The molecule has 130 valence electrons. The predicted molar refractivity (Wildman–Crippen MR) is 95.4 cm³/mol. The van der Waals surface area contributed by atoms with Crippen LogP contribution in [0.3, 0.4) is 0 Å². The quantitative estimate of drug-likeness (QED) is 0.899. The van der Waals surface area contributed by atoms with Crippen LogP contribution in [0.2, 0.25) is 0 Å². The number of carbonyl (C=O) groups excluding carboxylic acids is 2. The number of amides is 2. The van der Waals surface area contributed by atoms with E-state index in [9.17, 15) is 9.59 Å². The molecule has 1 saturated carbocycles. The summed E-state index contributed by atoms with van der Waals surface area (Å²) < 4.78 is 2.04. The summed E-state index contributed by atoms with van der Waals surface area (Å²) in [6.07, 6.45) is 8.65. The molecule has 1 aliphatic carbocycles. The summed E-state index contributed by atoms with van der Waals surface area (Å²) in [6.45, 7) is 0. The molecule has 25 heavy (non-hydrogen) atoms. The van der Waals surface area contributed by atoms with Gasteiger partial charge in [0.05, 0.1) is 18.0 Å². The van der Waals surface area contributed by atoms with Gasteiger partial charge < -0.3 is 15.2 Å². The van der Waals surface area contributed by atoms with E-state index in [1.165, 1.54) is 0 Å². The molecule has 5 nitrogen and oxygen atoms in total. The average Bonchev–Trinajstić information content (AvgIpc) is 3.10. The fraction of sp³-hybridized carbons (Fsp3) is 0.400. The van der Waals surface area contributed by atoms with Gasteiger partial charge in [0.1, 0.15) is 0 Å². The summed E-state index contributed by atoms with van der Waals surface area (Å²) >= 11 is 0. The predicted octanol–water partition coefficient (Wildman–Crippen LogP) is 2.34. The molecule has 1 spiro atoms. The maximum absolute atomic E-state index is 12.5. The highest BCUT2D eigenvalue weighted by molar-refractivity contribution is 5.81. The van der Waals surface area contributed by atoms with E-state index < -0.39 is 0 Å². The van der Waals surface area contributed by atoms with Gasteiger partial charge >= 0.3 is 0 Å². The van der Waals surface area contributed by atoms with Crippen LogP contribution in [0.1, 0.15) is 37.7 Å². The van der Waals surface area contributed by atoms with E-state index in [2.05, 4.69) is 10.6 Å². The topological polar surface area (TPSA) is 63.1 Å². The molecular weight excluding hydrogens is 314 g/mol. The zero-order chi connectivity index (χ0) is 17.3. The first-order valence-electron chi connectivity index (χ1n) is 8.97. The van der Waals surface area contributed by atoms with Crippen LogP contribution in [-0.4, -0.2) is 28.0 Å². The van der Waals surface area contributed by atoms with Gasteiger partial charge in [-0.2, -0.15) is 0 Å². The maximum Gasteiger partial charge on any atom is 0.224 e. The molecule has 1 unspecified atom stereocenters. The standard InChI is InChI=1S/C20H23N3O2/c24-18-9-8-17(20(22-18)10-3-11-20)21-19(25)14-15-4-6-16(7-5-15)23-12-1-2-13-23/h1-2,4-7,12-13,17H,3,8-11,14H2,(H,21,25)(H,22,24). The first-order valence-corrected chi connectivity index (χ1v) is 8.97. The molecular formula is C20H23N3O2. The maximum atomic E-state index is 12.5. The molecule has 1 atom stereocenters. The minimum atomic E-state index is -0.191. The fourth-order valence-corrected chi connectivity index (χ4v) is 3.94. The Morgan fingerprint density at radius 2 is 1.92 bits per heavy atom. The number of piperidine rings is 1. The number of carbonyl (C=O) groups is 2. The monoisotopic (exact) mass is 337 g/mol. The average molecular weight is 337 g/mol. The van der Waals surface area contributed by atoms with E-state index in [-0.39, 0.29) is 23.4 Å². The van der Waals surface area contributed by atoms with Gasteiger partial charge in [-0.1, -0.05) is 12.1 Å². The third kappa shape index (κ3) is 3.18. The second-order valence-corrected chi connectivity index (χ2v) is 7.15. The molecule has 1 aromatic heterocycles. The Bertz CT molecular complexity index is 761. The number of rotatable bonds is 4. The van der Waals surface area contributed by atoms with Crippen molar-refractivity contribution in [1.29, 1.82) is 0 Å². The molecule has 2 heterocycles. The van der Waals surface area contributed by atoms with E-state index in [1.807, 2.05) is 53.4 Å². The molecule has 2 aromatic rings. The molecule has 1 aliphatic heterocycles. The van der Waals surface area contributed by atoms with Crippen LogP contribution in [0.25, 0.3) is 5.69 Å². The Morgan fingerprint density at radius 3 is 2.56 bits per heavy atom. The minimum Gasteiger partial charge on any atom is -0.351 e. The zero-order valence-corrected chi connectivity index (χ0v) is 14.2. The van der Waals surface area contributed by atoms with Crippen molar-refractivity contribution in [3.63, 3.8) is 0 Å². The van der Waals surface area contributed by atoms with Crippen molar-refractivity contribution in [1.82, 2.24) is 15.2 Å². The molecule has 1 saturated heterocycles. The Hall–Kier alpha value is -2.56. The number of nitrogens with one attached hydrogen (secondary N) is 2. The molecule has 2 N–H and O–H groups in total. The zero-order valence-electron chi connectivity index (χ0n) is 14.2. The van der Waals surface area contributed by atoms with Gasteiger partial charge in [0, 0.05) is 24.5 Å².